The Bertz CT molecular complexity index is 1470. The number of nitrogens with one attached hydrogen (secondary N) is 1. The molecule has 2 saturated heterocycles. The second kappa shape index (κ2) is 15.3. The predicted octanol–water partition coefficient (Wildman–Crippen LogP) is 4.69. The smallest absolute Gasteiger partial charge is 0.306 e. The SMILES string of the molecule is O=C(CCN1C(=O)C(=Cc2cc(-c3ccc(F)c(F)c3)ccc2OCCN2CCOCC2)SC1=S)NC1CCC(C(=O)O)CC1. The van der Waals surface area contributed by atoms with E-state index in [9.17, 15) is 28.3 Å². The van der Waals surface area contributed by atoms with Crippen molar-refractivity contribution in [1.82, 2.24) is 15.1 Å². The molecule has 0 spiro atoms. The third kappa shape index (κ3) is 8.66. The first-order valence-corrected chi connectivity index (χ1v) is 16.2. The highest BCUT2D eigenvalue weighted by molar-refractivity contribution is 8.26. The van der Waals surface area contributed by atoms with Crippen LogP contribution in [0, 0.1) is 17.6 Å². The molecule has 2 amide bonds. The number of rotatable bonds is 11. The first-order chi connectivity index (χ1) is 21.7. The van der Waals surface area contributed by atoms with E-state index in [4.69, 9.17) is 21.7 Å². The maximum absolute atomic E-state index is 14.0. The first-order valence-electron chi connectivity index (χ1n) is 15.0. The van der Waals surface area contributed by atoms with Gasteiger partial charge in [0.1, 0.15) is 16.7 Å². The highest BCUT2D eigenvalue weighted by atomic mass is 32.2. The molecular weight excluding hydrogens is 624 g/mol. The van der Waals surface area contributed by atoms with Crippen LogP contribution in [0.15, 0.2) is 41.3 Å². The highest BCUT2D eigenvalue weighted by Gasteiger charge is 2.33. The predicted molar refractivity (Wildman–Crippen MR) is 171 cm³/mol. The summed E-state index contributed by atoms with van der Waals surface area (Å²) in [5.41, 5.74) is 1.66. The van der Waals surface area contributed by atoms with E-state index >= 15 is 0 Å². The minimum atomic E-state index is -0.960. The maximum atomic E-state index is 14.0. The number of ether oxygens (including phenoxy) is 2. The highest BCUT2D eigenvalue weighted by Crippen LogP contribution is 2.36. The van der Waals surface area contributed by atoms with Crippen LogP contribution in [0.4, 0.5) is 8.78 Å². The number of hydrogen-bond donors (Lipinski definition) is 2. The number of thiocarbonyl (C=S) groups is 1. The average molecular weight is 660 g/mol. The molecule has 3 aliphatic rings. The summed E-state index contributed by atoms with van der Waals surface area (Å²) in [6.45, 7) is 4.18. The number of aliphatic carboxylic acids is 1. The number of benzene rings is 2. The zero-order chi connectivity index (χ0) is 31.9. The van der Waals surface area contributed by atoms with Gasteiger partial charge in [-0.3, -0.25) is 24.2 Å². The van der Waals surface area contributed by atoms with Gasteiger partial charge in [-0.2, -0.15) is 0 Å². The summed E-state index contributed by atoms with van der Waals surface area (Å²) < 4.78 is 39.5. The number of carboxylic acids is 1. The van der Waals surface area contributed by atoms with E-state index in [0.717, 1.165) is 37.0 Å². The van der Waals surface area contributed by atoms with Crippen molar-refractivity contribution >= 4 is 52.2 Å². The summed E-state index contributed by atoms with van der Waals surface area (Å²) in [6, 6.07) is 8.86. The van der Waals surface area contributed by atoms with Gasteiger partial charge < -0.3 is 19.9 Å². The van der Waals surface area contributed by atoms with Gasteiger partial charge in [-0.15, -0.1) is 0 Å². The van der Waals surface area contributed by atoms with Crippen LogP contribution in [0.2, 0.25) is 0 Å². The van der Waals surface area contributed by atoms with Gasteiger partial charge in [-0.1, -0.05) is 36.1 Å². The lowest BCUT2D eigenvalue weighted by Gasteiger charge is -2.27. The zero-order valence-electron chi connectivity index (χ0n) is 24.6. The van der Waals surface area contributed by atoms with Crippen LogP contribution in [-0.4, -0.2) is 89.1 Å². The van der Waals surface area contributed by atoms with Crippen molar-refractivity contribution in [2.24, 2.45) is 5.92 Å². The van der Waals surface area contributed by atoms with Crippen molar-refractivity contribution in [2.45, 2.75) is 38.1 Å². The van der Waals surface area contributed by atoms with Gasteiger partial charge in [0.2, 0.25) is 5.91 Å². The molecule has 2 N–H and O–H groups in total. The van der Waals surface area contributed by atoms with Crippen LogP contribution in [0.3, 0.4) is 0 Å². The molecule has 45 heavy (non-hydrogen) atoms. The van der Waals surface area contributed by atoms with Gasteiger partial charge in [0.05, 0.1) is 24.0 Å². The Morgan fingerprint density at radius 3 is 2.47 bits per heavy atom. The van der Waals surface area contributed by atoms with Crippen molar-refractivity contribution in [3.8, 4) is 16.9 Å². The number of amides is 2. The number of morpholine rings is 1. The van der Waals surface area contributed by atoms with Crippen LogP contribution in [0.1, 0.15) is 37.7 Å². The summed E-state index contributed by atoms with van der Waals surface area (Å²) in [5.74, 6) is -3.10. The van der Waals surface area contributed by atoms with E-state index in [1.807, 2.05) is 0 Å². The van der Waals surface area contributed by atoms with Crippen LogP contribution >= 0.6 is 24.0 Å². The molecule has 9 nitrogen and oxygen atoms in total. The summed E-state index contributed by atoms with van der Waals surface area (Å²) in [6.07, 6.45) is 3.99. The first kappa shape index (κ1) is 33.0. The second-order valence-electron chi connectivity index (χ2n) is 11.2. The van der Waals surface area contributed by atoms with Crippen molar-refractivity contribution < 1.29 is 37.7 Å². The molecule has 2 aromatic rings. The number of carbonyl (C=O) groups excluding carboxylic acids is 2. The van der Waals surface area contributed by atoms with Gasteiger partial charge in [0.15, 0.2) is 11.6 Å². The van der Waals surface area contributed by atoms with Crippen LogP contribution < -0.4 is 10.1 Å². The molecule has 0 unspecified atom stereocenters. The van der Waals surface area contributed by atoms with E-state index in [-0.39, 0.29) is 36.7 Å². The molecule has 1 saturated carbocycles. The Kier molecular flexibility index (Phi) is 11.2. The van der Waals surface area contributed by atoms with E-state index < -0.39 is 17.6 Å². The standard InChI is InChI=1S/C32H35F2N3O6S2/c33-25-7-3-22(18-26(25)34)21-4-8-27(43-16-13-36-11-14-42-15-12-36)23(17-21)19-28-30(39)37(32(44)45-28)10-9-29(38)35-24-5-1-20(2-6-24)31(40)41/h3-4,7-8,17-20,24H,1-2,5-6,9-16H2,(H,35,38)(H,40,41). The Labute approximate surface area is 269 Å². The number of hydrogen-bond acceptors (Lipinski definition) is 8. The summed E-state index contributed by atoms with van der Waals surface area (Å²) >= 11 is 6.60. The number of carbonyl (C=O) groups is 3. The minimum Gasteiger partial charge on any atom is -0.492 e. The van der Waals surface area contributed by atoms with Gasteiger partial charge in [0.25, 0.3) is 5.91 Å². The molecule has 0 bridgehead atoms. The third-order valence-corrected chi connectivity index (χ3v) is 9.57. The van der Waals surface area contributed by atoms with Gasteiger partial charge >= 0.3 is 5.97 Å². The van der Waals surface area contributed by atoms with E-state index in [2.05, 4.69) is 10.2 Å². The average Bonchev–Trinajstić information content (AvgIpc) is 3.30. The topological polar surface area (TPSA) is 108 Å². The summed E-state index contributed by atoms with van der Waals surface area (Å²) in [5, 5.41) is 12.1. The van der Waals surface area contributed by atoms with Gasteiger partial charge in [-0.05, 0) is 67.2 Å². The molecule has 2 aliphatic heterocycles. The normalized spacial score (nSPS) is 21.7. The minimum absolute atomic E-state index is 0.0557. The monoisotopic (exact) mass is 659 g/mol. The Morgan fingerprint density at radius 2 is 1.76 bits per heavy atom. The third-order valence-electron chi connectivity index (χ3n) is 8.20. The molecule has 0 radical (unpaired) electrons. The quantitative estimate of drug-likeness (QED) is 0.262. The second-order valence-corrected chi connectivity index (χ2v) is 12.9. The van der Waals surface area contributed by atoms with Gasteiger partial charge in [0, 0.05) is 44.2 Å². The van der Waals surface area contributed by atoms with Gasteiger partial charge in [-0.25, -0.2) is 8.78 Å². The van der Waals surface area contributed by atoms with E-state index in [1.165, 1.54) is 11.0 Å². The molecule has 0 aromatic heterocycles. The molecule has 13 heteroatoms. The lowest BCUT2D eigenvalue weighted by Crippen LogP contribution is -2.40. The van der Waals surface area contributed by atoms with Crippen molar-refractivity contribution in [2.75, 3.05) is 46.0 Å². The fraction of sp³-hybridized carbons (Fsp3) is 0.438. The van der Waals surface area contributed by atoms with Crippen molar-refractivity contribution in [3.63, 3.8) is 0 Å². The zero-order valence-corrected chi connectivity index (χ0v) is 26.3. The van der Waals surface area contributed by atoms with E-state index in [0.29, 0.717) is 83.7 Å². The lowest BCUT2D eigenvalue weighted by molar-refractivity contribution is -0.142. The fourth-order valence-electron chi connectivity index (χ4n) is 5.59. The van der Waals surface area contributed by atoms with E-state index in [1.54, 1.807) is 24.3 Å². The summed E-state index contributed by atoms with van der Waals surface area (Å²) in [4.78, 5) is 41.2. The molecule has 1 aliphatic carbocycles. The van der Waals surface area contributed by atoms with Crippen molar-refractivity contribution in [3.05, 3.63) is 58.5 Å². The van der Waals surface area contributed by atoms with Crippen molar-refractivity contribution in [1.29, 1.82) is 0 Å². The molecular formula is C32H35F2N3O6S2. The Morgan fingerprint density at radius 1 is 1.04 bits per heavy atom. The molecule has 5 rings (SSSR count). The number of nitrogens with zero attached hydrogens (tertiary/aromatic N) is 2. The number of halogens is 2. The molecule has 3 fully saturated rings. The van der Waals surface area contributed by atoms with Crippen LogP contribution in [0.5, 0.6) is 5.75 Å². The molecule has 2 heterocycles. The maximum Gasteiger partial charge on any atom is 0.306 e. The summed E-state index contributed by atoms with van der Waals surface area (Å²) in [7, 11) is 0. The largest absolute Gasteiger partial charge is 0.492 e. The van der Waals surface area contributed by atoms with Crippen LogP contribution in [0.25, 0.3) is 17.2 Å². The molecule has 0 atom stereocenters. The molecule has 2 aromatic carbocycles. The fourth-order valence-corrected chi connectivity index (χ4v) is 6.89. The van der Waals surface area contributed by atoms with Crippen LogP contribution in [-0.2, 0) is 19.1 Å². The number of carboxylic acid groups (broad SMARTS) is 1. The molecule has 240 valence electrons. The Balaban J connectivity index is 1.26. The Hall–Kier alpha value is -3.39. The number of thioether (sulfide) groups is 1. The lowest BCUT2D eigenvalue weighted by atomic mass is 9.86.